The molecule has 0 aromatic carbocycles. The maximum Gasteiger partial charge on any atom is 0.311 e. The van der Waals surface area contributed by atoms with Crippen LogP contribution in [0.25, 0.3) is 0 Å². The number of ether oxygens (including phenoxy) is 2. The second kappa shape index (κ2) is 5.14. The van der Waals surface area contributed by atoms with Gasteiger partial charge in [-0.25, -0.2) is 0 Å². The quantitative estimate of drug-likeness (QED) is 0.605. The molecule has 3 heteroatoms. The predicted molar refractivity (Wildman–Crippen MR) is 46.8 cm³/mol. The van der Waals surface area contributed by atoms with Gasteiger partial charge in [0.25, 0.3) is 0 Å². The molecule has 0 saturated heterocycles. The summed E-state index contributed by atoms with van der Waals surface area (Å²) in [6.07, 6.45) is -0.0579. The fraction of sp³-hybridized carbons (Fsp3) is 0.889. The van der Waals surface area contributed by atoms with Crippen LogP contribution in [0.1, 0.15) is 20.8 Å². The van der Waals surface area contributed by atoms with E-state index in [1.807, 2.05) is 20.8 Å². The molecule has 0 aliphatic carbocycles. The monoisotopic (exact) mass is 174 g/mol. The van der Waals surface area contributed by atoms with Crippen molar-refractivity contribution in [2.75, 3.05) is 14.2 Å². The Morgan fingerprint density at radius 3 is 1.92 bits per heavy atom. The van der Waals surface area contributed by atoms with Gasteiger partial charge in [-0.2, -0.15) is 0 Å². The molecule has 0 heterocycles. The van der Waals surface area contributed by atoms with Crippen LogP contribution in [0.15, 0.2) is 0 Å². The van der Waals surface area contributed by atoms with Crippen LogP contribution in [0.5, 0.6) is 0 Å². The lowest BCUT2D eigenvalue weighted by Crippen LogP contribution is -2.32. The van der Waals surface area contributed by atoms with E-state index in [9.17, 15) is 4.79 Å². The van der Waals surface area contributed by atoms with E-state index in [0.29, 0.717) is 5.92 Å². The van der Waals surface area contributed by atoms with E-state index in [4.69, 9.17) is 4.74 Å². The van der Waals surface area contributed by atoms with Gasteiger partial charge in [0.05, 0.1) is 19.1 Å². The Labute approximate surface area is 74.0 Å². The summed E-state index contributed by atoms with van der Waals surface area (Å²) >= 11 is 0. The summed E-state index contributed by atoms with van der Waals surface area (Å²) in [7, 11) is 3.01. The Morgan fingerprint density at radius 1 is 1.17 bits per heavy atom. The normalized spacial score (nSPS) is 15.8. The number of hydrogen-bond donors (Lipinski definition) is 0. The second-order valence-corrected chi connectivity index (χ2v) is 3.26. The molecular formula is C9H18O3. The van der Waals surface area contributed by atoms with E-state index < -0.39 is 0 Å². The minimum atomic E-state index is -0.212. The summed E-state index contributed by atoms with van der Waals surface area (Å²) in [6, 6.07) is 0. The van der Waals surface area contributed by atoms with Gasteiger partial charge in [0.15, 0.2) is 0 Å². The fourth-order valence-corrected chi connectivity index (χ4v) is 1.37. The summed E-state index contributed by atoms with van der Waals surface area (Å²) < 4.78 is 9.82. The number of rotatable bonds is 4. The summed E-state index contributed by atoms with van der Waals surface area (Å²) in [6.45, 7) is 5.86. The van der Waals surface area contributed by atoms with Crippen molar-refractivity contribution in [3.8, 4) is 0 Å². The van der Waals surface area contributed by atoms with Crippen LogP contribution in [0, 0.1) is 11.8 Å². The van der Waals surface area contributed by atoms with E-state index >= 15 is 0 Å². The highest BCUT2D eigenvalue weighted by molar-refractivity contribution is 5.72. The molecular weight excluding hydrogens is 156 g/mol. The molecule has 12 heavy (non-hydrogen) atoms. The van der Waals surface area contributed by atoms with Crippen molar-refractivity contribution in [3.63, 3.8) is 0 Å². The second-order valence-electron chi connectivity index (χ2n) is 3.26. The van der Waals surface area contributed by atoms with E-state index in [1.54, 1.807) is 7.11 Å². The molecule has 0 aromatic rings. The standard InChI is InChI=1S/C9H18O3/c1-6(2)8(11-4)7(3)9(10)12-5/h6-8H,1-5H3/t7-,8-/m0/s1. The predicted octanol–water partition coefficient (Wildman–Crippen LogP) is 1.47. The van der Waals surface area contributed by atoms with Crippen molar-refractivity contribution < 1.29 is 14.3 Å². The van der Waals surface area contributed by atoms with Gasteiger partial charge in [-0.15, -0.1) is 0 Å². The molecule has 0 radical (unpaired) electrons. The van der Waals surface area contributed by atoms with Crippen LogP contribution >= 0.6 is 0 Å². The van der Waals surface area contributed by atoms with Gasteiger partial charge >= 0.3 is 5.97 Å². The Morgan fingerprint density at radius 2 is 1.67 bits per heavy atom. The van der Waals surface area contributed by atoms with Gasteiger partial charge in [-0.05, 0) is 12.8 Å². The third-order valence-corrected chi connectivity index (χ3v) is 2.00. The van der Waals surface area contributed by atoms with Gasteiger partial charge in [-0.1, -0.05) is 13.8 Å². The van der Waals surface area contributed by atoms with Crippen molar-refractivity contribution in [1.29, 1.82) is 0 Å². The summed E-state index contributed by atoms with van der Waals surface area (Å²) in [5.41, 5.74) is 0. The zero-order chi connectivity index (χ0) is 9.72. The van der Waals surface area contributed by atoms with Crippen molar-refractivity contribution in [1.82, 2.24) is 0 Å². The Balaban J connectivity index is 4.20. The lowest BCUT2D eigenvalue weighted by atomic mass is 9.95. The van der Waals surface area contributed by atoms with E-state index in [-0.39, 0.29) is 18.0 Å². The number of carbonyl (C=O) groups is 1. The third-order valence-electron chi connectivity index (χ3n) is 2.00. The highest BCUT2D eigenvalue weighted by Gasteiger charge is 2.26. The molecule has 0 N–H and O–H groups in total. The molecule has 0 unspecified atom stereocenters. The van der Waals surface area contributed by atoms with Crippen molar-refractivity contribution >= 4 is 5.97 Å². The smallest absolute Gasteiger partial charge is 0.311 e. The first-order valence-corrected chi connectivity index (χ1v) is 4.15. The molecule has 0 rings (SSSR count). The highest BCUT2D eigenvalue weighted by Crippen LogP contribution is 2.16. The Hall–Kier alpha value is -0.570. The van der Waals surface area contributed by atoms with Crippen molar-refractivity contribution in [2.45, 2.75) is 26.9 Å². The molecule has 2 atom stereocenters. The molecule has 3 nitrogen and oxygen atoms in total. The van der Waals surface area contributed by atoms with Gasteiger partial charge in [0.1, 0.15) is 0 Å². The summed E-state index contributed by atoms with van der Waals surface area (Å²) in [5, 5.41) is 0. The fourth-order valence-electron chi connectivity index (χ4n) is 1.37. The summed E-state index contributed by atoms with van der Waals surface area (Å²) in [5.74, 6) is -0.0837. The lowest BCUT2D eigenvalue weighted by molar-refractivity contribution is -0.150. The van der Waals surface area contributed by atoms with Crippen LogP contribution in [-0.4, -0.2) is 26.3 Å². The van der Waals surface area contributed by atoms with Gasteiger partial charge in [-0.3, -0.25) is 4.79 Å². The third kappa shape index (κ3) is 2.81. The molecule has 0 aliphatic rings. The molecule has 0 fully saturated rings. The SMILES string of the molecule is COC(=O)[C@@H](C)[C@@H](OC)C(C)C. The zero-order valence-corrected chi connectivity index (χ0v) is 8.46. The minimum Gasteiger partial charge on any atom is -0.469 e. The first kappa shape index (κ1) is 11.4. The molecule has 0 amide bonds. The van der Waals surface area contributed by atoms with E-state index in [0.717, 1.165) is 0 Å². The van der Waals surface area contributed by atoms with E-state index in [1.165, 1.54) is 7.11 Å². The van der Waals surface area contributed by atoms with Crippen LogP contribution < -0.4 is 0 Å². The minimum absolute atomic E-state index is 0.0579. The first-order chi connectivity index (χ1) is 5.54. The first-order valence-electron chi connectivity index (χ1n) is 4.15. The molecule has 0 aliphatic heterocycles. The largest absolute Gasteiger partial charge is 0.469 e. The van der Waals surface area contributed by atoms with Gasteiger partial charge in [0, 0.05) is 7.11 Å². The van der Waals surface area contributed by atoms with Crippen LogP contribution in [-0.2, 0) is 14.3 Å². The maximum absolute atomic E-state index is 11.1. The van der Waals surface area contributed by atoms with Crippen molar-refractivity contribution in [3.05, 3.63) is 0 Å². The average Bonchev–Trinajstić information content (AvgIpc) is 2.03. The average molecular weight is 174 g/mol. The van der Waals surface area contributed by atoms with Gasteiger partial charge in [0.2, 0.25) is 0 Å². The van der Waals surface area contributed by atoms with Crippen LogP contribution in [0.3, 0.4) is 0 Å². The van der Waals surface area contributed by atoms with Crippen LogP contribution in [0.2, 0.25) is 0 Å². The van der Waals surface area contributed by atoms with Crippen LogP contribution in [0.4, 0.5) is 0 Å². The number of hydrogen-bond acceptors (Lipinski definition) is 3. The molecule has 0 bridgehead atoms. The van der Waals surface area contributed by atoms with Gasteiger partial charge < -0.3 is 9.47 Å². The molecule has 0 saturated carbocycles. The number of esters is 1. The number of methoxy groups -OCH3 is 2. The Kier molecular flexibility index (Phi) is 4.90. The lowest BCUT2D eigenvalue weighted by Gasteiger charge is -2.23. The summed E-state index contributed by atoms with van der Waals surface area (Å²) in [4.78, 5) is 11.1. The molecule has 0 spiro atoms. The molecule has 72 valence electrons. The van der Waals surface area contributed by atoms with E-state index in [2.05, 4.69) is 4.74 Å². The van der Waals surface area contributed by atoms with Crippen molar-refractivity contribution in [2.24, 2.45) is 11.8 Å². The molecule has 0 aromatic heterocycles. The Bertz CT molecular complexity index is 143. The number of carbonyl (C=O) groups excluding carboxylic acids is 1. The highest BCUT2D eigenvalue weighted by atomic mass is 16.5. The zero-order valence-electron chi connectivity index (χ0n) is 8.46. The topological polar surface area (TPSA) is 35.5 Å². The maximum atomic E-state index is 11.1.